The Hall–Kier alpha value is -0.180. The molecule has 1 unspecified atom stereocenters. The molecule has 1 aliphatic heterocycles. The molecule has 0 aromatic carbocycles. The molecule has 0 bridgehead atoms. The normalized spacial score (nSPS) is 18.5. The summed E-state index contributed by atoms with van der Waals surface area (Å²) in [6.07, 6.45) is 1.43. The fraction of sp³-hybridized carbons (Fsp3) is 0.900. The maximum atomic E-state index is 11.8. The Morgan fingerprint density at radius 2 is 2.00 bits per heavy atom. The highest BCUT2D eigenvalue weighted by atomic mass is 35.5. The van der Waals surface area contributed by atoms with Crippen molar-refractivity contribution in [1.29, 1.82) is 0 Å². The van der Waals surface area contributed by atoms with Gasteiger partial charge in [-0.2, -0.15) is 13.2 Å². The van der Waals surface area contributed by atoms with Gasteiger partial charge in [0.25, 0.3) is 0 Å². The van der Waals surface area contributed by atoms with Crippen molar-refractivity contribution in [3.05, 3.63) is 0 Å². The Morgan fingerprint density at radius 3 is 2.53 bits per heavy atom. The van der Waals surface area contributed by atoms with E-state index in [1.807, 2.05) is 0 Å². The van der Waals surface area contributed by atoms with Gasteiger partial charge in [0.05, 0.1) is 6.04 Å². The largest absolute Gasteiger partial charge is 0.441 e. The van der Waals surface area contributed by atoms with Crippen LogP contribution in [0.25, 0.3) is 0 Å². The van der Waals surface area contributed by atoms with Crippen LogP contribution in [0.3, 0.4) is 0 Å². The molecular formula is C10H18ClF3N2O2S. The summed E-state index contributed by atoms with van der Waals surface area (Å²) in [5.41, 5.74) is 1.51. The van der Waals surface area contributed by atoms with Gasteiger partial charge in [-0.3, -0.25) is 4.79 Å². The molecule has 1 aliphatic rings. The van der Waals surface area contributed by atoms with Gasteiger partial charge < -0.3 is 15.8 Å². The van der Waals surface area contributed by atoms with E-state index >= 15 is 0 Å². The summed E-state index contributed by atoms with van der Waals surface area (Å²) in [6.45, 7) is 1.13. The van der Waals surface area contributed by atoms with Crippen LogP contribution < -0.4 is 11.1 Å². The zero-order valence-electron chi connectivity index (χ0n) is 10.2. The third-order valence-electron chi connectivity index (χ3n) is 2.74. The first-order valence-corrected chi connectivity index (χ1v) is 6.70. The second kappa shape index (κ2) is 8.89. The molecule has 1 saturated heterocycles. The number of carbonyl (C=O) groups excluding carboxylic acids is 1. The van der Waals surface area contributed by atoms with E-state index in [-0.39, 0.29) is 48.3 Å². The van der Waals surface area contributed by atoms with Gasteiger partial charge in [0, 0.05) is 25.5 Å². The highest BCUT2D eigenvalue weighted by Gasteiger charge is 2.29. The average Bonchev–Trinajstić information content (AvgIpc) is 2.33. The Balaban J connectivity index is 0.00000324. The molecule has 3 N–H and O–H groups in total. The Kier molecular flexibility index (Phi) is 8.80. The van der Waals surface area contributed by atoms with E-state index in [4.69, 9.17) is 10.5 Å². The number of amides is 1. The minimum atomic E-state index is -4.26. The highest BCUT2D eigenvalue weighted by molar-refractivity contribution is 8.00. The molecule has 19 heavy (non-hydrogen) atoms. The van der Waals surface area contributed by atoms with Gasteiger partial charge in [-0.1, -0.05) is 0 Å². The molecule has 0 aromatic heterocycles. The van der Waals surface area contributed by atoms with Crippen molar-refractivity contribution in [3.8, 4) is 0 Å². The number of rotatable bonds is 5. The molecule has 0 aromatic rings. The monoisotopic (exact) mass is 322 g/mol. The number of ether oxygens (including phenoxy) is 1. The molecule has 1 fully saturated rings. The summed E-state index contributed by atoms with van der Waals surface area (Å²) >= 11 is -0.153. The van der Waals surface area contributed by atoms with Crippen molar-refractivity contribution in [3.63, 3.8) is 0 Å². The minimum Gasteiger partial charge on any atom is -0.381 e. The number of nitrogens with two attached hydrogens (primary N) is 1. The number of hydrogen-bond acceptors (Lipinski definition) is 4. The lowest BCUT2D eigenvalue weighted by Crippen LogP contribution is -2.47. The second-order valence-corrected chi connectivity index (χ2v) is 5.22. The SMILES string of the molecule is Cl.NC(C(=O)NCCSC(F)(F)F)C1CCOCC1. The van der Waals surface area contributed by atoms with Gasteiger partial charge in [0.2, 0.25) is 5.91 Å². The number of thioether (sulfide) groups is 1. The van der Waals surface area contributed by atoms with Crippen LogP contribution in [0.1, 0.15) is 12.8 Å². The van der Waals surface area contributed by atoms with Crippen molar-refractivity contribution >= 4 is 30.1 Å². The van der Waals surface area contributed by atoms with Crippen LogP contribution in [-0.2, 0) is 9.53 Å². The predicted octanol–water partition coefficient (Wildman–Crippen LogP) is 1.53. The molecule has 4 nitrogen and oxygen atoms in total. The summed E-state index contributed by atoms with van der Waals surface area (Å²) in [5.74, 6) is -0.533. The van der Waals surface area contributed by atoms with E-state index in [2.05, 4.69) is 5.32 Å². The zero-order chi connectivity index (χ0) is 13.6. The van der Waals surface area contributed by atoms with Gasteiger partial charge in [-0.05, 0) is 30.5 Å². The van der Waals surface area contributed by atoms with Crippen molar-refractivity contribution < 1.29 is 22.7 Å². The van der Waals surface area contributed by atoms with E-state index in [0.29, 0.717) is 26.1 Å². The Morgan fingerprint density at radius 1 is 1.42 bits per heavy atom. The molecule has 114 valence electrons. The third-order valence-corrected chi connectivity index (χ3v) is 3.48. The summed E-state index contributed by atoms with van der Waals surface area (Å²) in [7, 11) is 0. The van der Waals surface area contributed by atoms with E-state index in [0.717, 1.165) is 0 Å². The highest BCUT2D eigenvalue weighted by Crippen LogP contribution is 2.29. The molecule has 1 rings (SSSR count). The van der Waals surface area contributed by atoms with Gasteiger partial charge in [-0.25, -0.2) is 0 Å². The fourth-order valence-electron chi connectivity index (χ4n) is 1.75. The Labute approximate surface area is 120 Å². The van der Waals surface area contributed by atoms with Gasteiger partial charge in [0.1, 0.15) is 0 Å². The van der Waals surface area contributed by atoms with Crippen LogP contribution in [0.15, 0.2) is 0 Å². The summed E-state index contributed by atoms with van der Waals surface area (Å²) < 4.78 is 40.7. The van der Waals surface area contributed by atoms with Gasteiger partial charge in [-0.15, -0.1) is 12.4 Å². The van der Waals surface area contributed by atoms with E-state index in [1.165, 1.54) is 0 Å². The quantitative estimate of drug-likeness (QED) is 0.754. The van der Waals surface area contributed by atoms with Crippen LogP contribution in [-0.4, -0.2) is 43.0 Å². The van der Waals surface area contributed by atoms with Crippen molar-refractivity contribution in [2.75, 3.05) is 25.5 Å². The number of halogens is 4. The topological polar surface area (TPSA) is 64.4 Å². The predicted molar refractivity (Wildman–Crippen MR) is 70.3 cm³/mol. The minimum absolute atomic E-state index is 0. The van der Waals surface area contributed by atoms with Gasteiger partial charge >= 0.3 is 5.51 Å². The summed E-state index contributed by atoms with van der Waals surface area (Å²) in [6, 6.07) is -0.662. The molecule has 0 aliphatic carbocycles. The number of carbonyl (C=O) groups is 1. The standard InChI is InChI=1S/C10H17F3N2O2S.ClH/c11-10(12,13)18-6-3-15-9(16)8(14)7-1-4-17-5-2-7;/h7-8H,1-6,14H2,(H,15,16);1H. The smallest absolute Gasteiger partial charge is 0.381 e. The number of alkyl halides is 3. The zero-order valence-corrected chi connectivity index (χ0v) is 11.9. The Bertz CT molecular complexity index is 276. The van der Waals surface area contributed by atoms with Crippen LogP contribution >= 0.6 is 24.2 Å². The van der Waals surface area contributed by atoms with E-state index in [9.17, 15) is 18.0 Å². The van der Waals surface area contributed by atoms with E-state index < -0.39 is 11.6 Å². The molecule has 0 spiro atoms. The fourth-order valence-corrected chi connectivity index (χ4v) is 2.18. The molecule has 1 amide bonds. The summed E-state index contributed by atoms with van der Waals surface area (Å²) in [4.78, 5) is 11.6. The lowest BCUT2D eigenvalue weighted by molar-refractivity contribution is -0.124. The average molecular weight is 323 g/mol. The van der Waals surface area contributed by atoms with Crippen LogP contribution in [0, 0.1) is 5.92 Å². The molecule has 0 radical (unpaired) electrons. The maximum Gasteiger partial charge on any atom is 0.441 e. The van der Waals surface area contributed by atoms with Gasteiger partial charge in [0.15, 0.2) is 0 Å². The first kappa shape index (κ1) is 18.8. The van der Waals surface area contributed by atoms with Crippen molar-refractivity contribution in [1.82, 2.24) is 5.32 Å². The lowest BCUT2D eigenvalue weighted by Gasteiger charge is -2.26. The molecule has 1 atom stereocenters. The van der Waals surface area contributed by atoms with Crippen LogP contribution in [0.5, 0.6) is 0 Å². The number of nitrogens with one attached hydrogen (secondary N) is 1. The van der Waals surface area contributed by atoms with E-state index in [1.54, 1.807) is 0 Å². The third kappa shape index (κ3) is 7.86. The summed E-state index contributed by atoms with van der Waals surface area (Å²) in [5, 5.41) is 2.43. The van der Waals surface area contributed by atoms with Crippen LogP contribution in [0.4, 0.5) is 13.2 Å². The molecule has 9 heteroatoms. The van der Waals surface area contributed by atoms with Crippen molar-refractivity contribution in [2.45, 2.75) is 24.4 Å². The van der Waals surface area contributed by atoms with Crippen molar-refractivity contribution in [2.24, 2.45) is 11.7 Å². The first-order chi connectivity index (χ1) is 8.40. The number of hydrogen-bond donors (Lipinski definition) is 2. The first-order valence-electron chi connectivity index (χ1n) is 5.72. The molecule has 1 heterocycles. The lowest BCUT2D eigenvalue weighted by atomic mass is 9.92. The molecule has 0 saturated carbocycles. The maximum absolute atomic E-state index is 11.8. The molecular weight excluding hydrogens is 305 g/mol. The second-order valence-electron chi connectivity index (χ2n) is 4.06. The van der Waals surface area contributed by atoms with Crippen LogP contribution in [0.2, 0.25) is 0 Å².